The molecule has 0 aromatic rings. The maximum absolute atomic E-state index is 10.7. The first-order chi connectivity index (χ1) is 4.81. The van der Waals surface area contributed by atoms with E-state index in [1.807, 2.05) is 6.92 Å². The Morgan fingerprint density at radius 1 is 1.50 bits per heavy atom. The number of rotatable bonds is 5. The summed E-state index contributed by atoms with van der Waals surface area (Å²) >= 11 is 0. The minimum atomic E-state index is -0.177. The van der Waals surface area contributed by atoms with Crippen LogP contribution < -0.4 is 0 Å². The van der Waals surface area contributed by atoms with E-state index in [9.17, 15) is 4.79 Å². The largest absolute Gasteiger partial charge is 0.438 e. The van der Waals surface area contributed by atoms with E-state index in [1.165, 1.54) is 7.11 Å². The molecule has 0 aliphatic rings. The lowest BCUT2D eigenvalue weighted by Crippen LogP contribution is -2.06. The van der Waals surface area contributed by atoms with Gasteiger partial charge in [-0.2, -0.15) is 0 Å². The molecule has 0 unspecified atom stereocenters. The van der Waals surface area contributed by atoms with Gasteiger partial charge in [0.25, 0.3) is 0 Å². The molecule has 3 nitrogen and oxygen atoms in total. The second kappa shape index (κ2) is 6.55. The van der Waals surface area contributed by atoms with Crippen molar-refractivity contribution < 1.29 is 14.3 Å². The lowest BCUT2D eigenvalue weighted by Gasteiger charge is -2.00. The zero-order valence-corrected chi connectivity index (χ0v) is 6.55. The monoisotopic (exact) mass is 146 g/mol. The number of hydrogen-bond acceptors (Lipinski definition) is 3. The second-order valence-electron chi connectivity index (χ2n) is 2.03. The Hall–Kier alpha value is -0.570. The number of hydrogen-bond donors (Lipinski definition) is 0. The van der Waals surface area contributed by atoms with Crippen LogP contribution in [0.2, 0.25) is 0 Å². The van der Waals surface area contributed by atoms with Crippen molar-refractivity contribution in [3.8, 4) is 0 Å². The van der Waals surface area contributed by atoms with Gasteiger partial charge in [0, 0.05) is 13.5 Å². The molecule has 0 spiro atoms. The highest BCUT2D eigenvalue weighted by atomic mass is 16.7. The highest BCUT2D eigenvalue weighted by Gasteiger charge is 1.98. The lowest BCUT2D eigenvalue weighted by atomic mass is 10.3. The third-order valence-corrected chi connectivity index (χ3v) is 1.07. The molecule has 0 amide bonds. The van der Waals surface area contributed by atoms with Gasteiger partial charge in [-0.05, 0) is 6.42 Å². The topological polar surface area (TPSA) is 35.5 Å². The van der Waals surface area contributed by atoms with E-state index >= 15 is 0 Å². The SMILES string of the molecule is CCCCC(=O)OCOC. The molecule has 0 aromatic heterocycles. The van der Waals surface area contributed by atoms with Crippen LogP contribution >= 0.6 is 0 Å². The average molecular weight is 146 g/mol. The quantitative estimate of drug-likeness (QED) is 0.433. The van der Waals surface area contributed by atoms with Gasteiger partial charge in [0.15, 0.2) is 6.79 Å². The lowest BCUT2D eigenvalue weighted by molar-refractivity contribution is -0.154. The van der Waals surface area contributed by atoms with Crippen molar-refractivity contribution in [1.29, 1.82) is 0 Å². The Labute approximate surface area is 61.3 Å². The molecule has 3 heteroatoms. The van der Waals surface area contributed by atoms with E-state index in [4.69, 9.17) is 0 Å². The molecular formula is C7H14O3. The van der Waals surface area contributed by atoms with Crippen LogP contribution in [-0.2, 0) is 14.3 Å². The average Bonchev–Trinajstić information content (AvgIpc) is 1.97. The summed E-state index contributed by atoms with van der Waals surface area (Å²) in [7, 11) is 1.49. The molecule has 0 N–H and O–H groups in total. The van der Waals surface area contributed by atoms with Crippen LogP contribution in [0.25, 0.3) is 0 Å². The van der Waals surface area contributed by atoms with E-state index in [2.05, 4.69) is 9.47 Å². The third-order valence-electron chi connectivity index (χ3n) is 1.07. The van der Waals surface area contributed by atoms with Gasteiger partial charge in [0.05, 0.1) is 0 Å². The van der Waals surface area contributed by atoms with Gasteiger partial charge in [-0.1, -0.05) is 13.3 Å². The summed E-state index contributed by atoms with van der Waals surface area (Å²) in [5, 5.41) is 0. The van der Waals surface area contributed by atoms with Gasteiger partial charge >= 0.3 is 5.97 Å². The van der Waals surface area contributed by atoms with Gasteiger partial charge < -0.3 is 9.47 Å². The van der Waals surface area contributed by atoms with Crippen molar-refractivity contribution in [1.82, 2.24) is 0 Å². The summed E-state index contributed by atoms with van der Waals surface area (Å²) in [5.74, 6) is -0.177. The normalized spacial score (nSPS) is 9.40. The molecule has 60 valence electrons. The smallest absolute Gasteiger partial charge is 0.307 e. The first-order valence-corrected chi connectivity index (χ1v) is 3.45. The van der Waals surface area contributed by atoms with Crippen molar-refractivity contribution in [3.05, 3.63) is 0 Å². The molecule has 0 aliphatic carbocycles. The van der Waals surface area contributed by atoms with Gasteiger partial charge in [-0.25, -0.2) is 0 Å². The minimum Gasteiger partial charge on any atom is -0.438 e. The highest BCUT2D eigenvalue weighted by Crippen LogP contribution is 1.95. The van der Waals surface area contributed by atoms with Crippen LogP contribution in [-0.4, -0.2) is 19.9 Å². The van der Waals surface area contributed by atoms with E-state index < -0.39 is 0 Å². The predicted molar refractivity (Wildman–Crippen MR) is 37.5 cm³/mol. The van der Waals surface area contributed by atoms with Crippen molar-refractivity contribution in [2.75, 3.05) is 13.9 Å². The van der Waals surface area contributed by atoms with Crippen molar-refractivity contribution in [2.24, 2.45) is 0 Å². The maximum Gasteiger partial charge on any atom is 0.307 e. The summed E-state index contributed by atoms with van der Waals surface area (Å²) in [6.07, 6.45) is 2.41. The molecular weight excluding hydrogens is 132 g/mol. The number of carbonyl (C=O) groups excluding carboxylic acids is 1. The molecule has 0 aliphatic heterocycles. The van der Waals surface area contributed by atoms with E-state index in [1.54, 1.807) is 0 Å². The first-order valence-electron chi connectivity index (χ1n) is 3.45. The number of methoxy groups -OCH3 is 1. The van der Waals surface area contributed by atoms with E-state index in [-0.39, 0.29) is 12.8 Å². The van der Waals surface area contributed by atoms with Gasteiger partial charge in [0.1, 0.15) is 0 Å². The van der Waals surface area contributed by atoms with E-state index in [0.29, 0.717) is 6.42 Å². The van der Waals surface area contributed by atoms with Gasteiger partial charge in [0.2, 0.25) is 0 Å². The molecule has 0 fully saturated rings. The molecule has 0 aromatic carbocycles. The maximum atomic E-state index is 10.7. The van der Waals surface area contributed by atoms with Crippen molar-refractivity contribution >= 4 is 5.97 Å². The van der Waals surface area contributed by atoms with Crippen LogP contribution in [0.4, 0.5) is 0 Å². The number of carbonyl (C=O) groups is 1. The Morgan fingerprint density at radius 3 is 2.70 bits per heavy atom. The van der Waals surface area contributed by atoms with Crippen molar-refractivity contribution in [2.45, 2.75) is 26.2 Å². The predicted octanol–water partition coefficient (Wildman–Crippen LogP) is 1.32. The molecule has 0 radical (unpaired) electrons. The van der Waals surface area contributed by atoms with Gasteiger partial charge in [-0.3, -0.25) is 4.79 Å². The van der Waals surface area contributed by atoms with Crippen molar-refractivity contribution in [3.63, 3.8) is 0 Å². The molecule has 0 heterocycles. The molecule has 0 bridgehead atoms. The van der Waals surface area contributed by atoms with Crippen LogP contribution in [0.1, 0.15) is 26.2 Å². The summed E-state index contributed by atoms with van der Waals surface area (Å²) in [4.78, 5) is 10.7. The Bertz CT molecular complexity index is 80.9. The fraction of sp³-hybridized carbons (Fsp3) is 0.857. The molecule has 0 rings (SSSR count). The minimum absolute atomic E-state index is 0.0720. The molecule has 0 atom stereocenters. The van der Waals surface area contributed by atoms with E-state index in [0.717, 1.165) is 12.8 Å². The van der Waals surface area contributed by atoms with Gasteiger partial charge in [-0.15, -0.1) is 0 Å². The second-order valence-corrected chi connectivity index (χ2v) is 2.03. The van der Waals surface area contributed by atoms with Crippen LogP contribution in [0.3, 0.4) is 0 Å². The number of esters is 1. The zero-order valence-electron chi connectivity index (χ0n) is 6.55. The molecule has 0 saturated carbocycles. The fourth-order valence-corrected chi connectivity index (χ4v) is 0.518. The number of unbranched alkanes of at least 4 members (excludes halogenated alkanes) is 1. The molecule has 10 heavy (non-hydrogen) atoms. The fourth-order valence-electron chi connectivity index (χ4n) is 0.518. The molecule has 0 saturated heterocycles. The van der Waals surface area contributed by atoms with Crippen LogP contribution in [0.5, 0.6) is 0 Å². The highest BCUT2D eigenvalue weighted by molar-refractivity contribution is 5.69. The Balaban J connectivity index is 3.09. The van der Waals surface area contributed by atoms with Crippen LogP contribution in [0.15, 0.2) is 0 Å². The summed E-state index contributed by atoms with van der Waals surface area (Å²) in [6, 6.07) is 0. The standard InChI is InChI=1S/C7H14O3/c1-3-4-5-7(8)10-6-9-2/h3-6H2,1-2H3. The summed E-state index contributed by atoms with van der Waals surface area (Å²) in [5.41, 5.74) is 0. The number of ether oxygens (including phenoxy) is 2. The third kappa shape index (κ3) is 5.56. The first kappa shape index (κ1) is 9.43. The Morgan fingerprint density at radius 2 is 2.20 bits per heavy atom. The summed E-state index contributed by atoms with van der Waals surface area (Å²) in [6.45, 7) is 2.10. The van der Waals surface area contributed by atoms with Crippen LogP contribution in [0, 0.1) is 0 Å². The summed E-state index contributed by atoms with van der Waals surface area (Å²) < 4.78 is 9.18. The zero-order chi connectivity index (χ0) is 7.82. The Kier molecular flexibility index (Phi) is 6.18.